The summed E-state index contributed by atoms with van der Waals surface area (Å²) in [7, 11) is 0. The highest BCUT2D eigenvalue weighted by Crippen LogP contribution is 2.38. The molecule has 0 aromatic carbocycles. The number of alkyl halides is 1. The van der Waals surface area contributed by atoms with E-state index in [9.17, 15) is 0 Å². The first-order valence-electron chi connectivity index (χ1n) is 15.0. The molecule has 1 aliphatic heterocycles. The highest BCUT2D eigenvalue weighted by Gasteiger charge is 2.31. The van der Waals surface area contributed by atoms with Crippen LogP contribution >= 0.6 is 11.6 Å². The van der Waals surface area contributed by atoms with Crippen LogP contribution in [-0.2, 0) is 6.42 Å². The van der Waals surface area contributed by atoms with Crippen molar-refractivity contribution in [3.8, 4) is 0 Å². The molecule has 2 aliphatic carbocycles. The van der Waals surface area contributed by atoms with Crippen molar-refractivity contribution in [3.05, 3.63) is 22.8 Å². The van der Waals surface area contributed by atoms with Crippen molar-refractivity contribution in [3.63, 3.8) is 0 Å². The molecule has 5 rings (SSSR count). The first-order valence-corrected chi connectivity index (χ1v) is 15.5. The van der Waals surface area contributed by atoms with E-state index in [-0.39, 0.29) is 0 Å². The minimum Gasteiger partial charge on any atom is -0.300 e. The molecule has 3 heterocycles. The second kappa shape index (κ2) is 12.1. The number of fused-ring (bicyclic) bond motifs is 1. The standard InChI is InChI=1S/C30H48ClN5/c1-21-29(22(2)36-30(32-21)33-23(3)34-36)18-25-16-17-35(20-25)28-14-6-12-27(13-7-15-28)26-10-4-8-24(19-31)9-5-11-26/h24-28H,4-20H2,1-3H3. The maximum atomic E-state index is 6.17. The molecule has 36 heavy (non-hydrogen) atoms. The van der Waals surface area contributed by atoms with Gasteiger partial charge in [-0.1, -0.05) is 51.4 Å². The van der Waals surface area contributed by atoms with Crippen molar-refractivity contribution < 1.29 is 0 Å². The number of halogens is 1. The van der Waals surface area contributed by atoms with E-state index in [0.29, 0.717) is 0 Å². The van der Waals surface area contributed by atoms with Gasteiger partial charge in [0, 0.05) is 29.9 Å². The Morgan fingerprint density at radius 2 is 1.42 bits per heavy atom. The fourth-order valence-corrected chi connectivity index (χ4v) is 8.17. The molecule has 3 fully saturated rings. The zero-order chi connectivity index (χ0) is 25.1. The van der Waals surface area contributed by atoms with Gasteiger partial charge in [0.05, 0.1) is 0 Å². The van der Waals surface area contributed by atoms with Crippen LogP contribution in [-0.4, -0.2) is 49.5 Å². The summed E-state index contributed by atoms with van der Waals surface area (Å²) in [6.45, 7) is 8.82. The minimum absolute atomic E-state index is 0.733. The number of aryl methyl sites for hydroxylation is 3. The molecule has 1 unspecified atom stereocenters. The summed E-state index contributed by atoms with van der Waals surface area (Å²) in [6, 6.07) is 0.804. The maximum Gasteiger partial charge on any atom is 0.252 e. The number of hydrogen-bond acceptors (Lipinski definition) is 4. The van der Waals surface area contributed by atoms with E-state index < -0.39 is 0 Å². The van der Waals surface area contributed by atoms with Crippen LogP contribution in [0.15, 0.2) is 0 Å². The molecular weight excluding hydrogens is 466 g/mol. The average Bonchev–Trinajstić information content (AvgIpc) is 3.43. The largest absolute Gasteiger partial charge is 0.300 e. The van der Waals surface area contributed by atoms with Crippen molar-refractivity contribution in [2.24, 2.45) is 23.7 Å². The van der Waals surface area contributed by atoms with Gasteiger partial charge in [0.2, 0.25) is 0 Å². The van der Waals surface area contributed by atoms with Crippen molar-refractivity contribution in [1.29, 1.82) is 0 Å². The predicted octanol–water partition coefficient (Wildman–Crippen LogP) is 7.08. The van der Waals surface area contributed by atoms with Crippen molar-refractivity contribution in [2.75, 3.05) is 19.0 Å². The van der Waals surface area contributed by atoms with Crippen LogP contribution in [0.2, 0.25) is 0 Å². The molecule has 0 radical (unpaired) electrons. The van der Waals surface area contributed by atoms with Gasteiger partial charge in [-0.2, -0.15) is 10.1 Å². The summed E-state index contributed by atoms with van der Waals surface area (Å²) in [6.07, 6.45) is 19.5. The molecule has 2 aromatic rings. The third-order valence-electron chi connectivity index (χ3n) is 9.97. The van der Waals surface area contributed by atoms with Gasteiger partial charge < -0.3 is 4.90 Å². The van der Waals surface area contributed by atoms with Gasteiger partial charge in [-0.05, 0) is 95.1 Å². The summed E-state index contributed by atoms with van der Waals surface area (Å²) in [4.78, 5) is 12.1. The fraction of sp³-hybridized carbons (Fsp3) is 0.833. The molecule has 2 aromatic heterocycles. The summed E-state index contributed by atoms with van der Waals surface area (Å²) in [5.74, 6) is 5.91. The lowest BCUT2D eigenvalue weighted by molar-refractivity contribution is 0.159. The van der Waals surface area contributed by atoms with E-state index in [1.807, 2.05) is 11.4 Å². The molecule has 2 saturated carbocycles. The van der Waals surface area contributed by atoms with E-state index in [1.54, 1.807) is 0 Å². The molecule has 0 amide bonds. The average molecular weight is 514 g/mol. The van der Waals surface area contributed by atoms with Crippen molar-refractivity contribution in [2.45, 2.75) is 117 Å². The summed E-state index contributed by atoms with van der Waals surface area (Å²) < 4.78 is 1.95. The Balaban J connectivity index is 1.12. The molecule has 3 aliphatic rings. The van der Waals surface area contributed by atoms with Gasteiger partial charge in [-0.3, -0.25) is 0 Å². The minimum atomic E-state index is 0.733. The Morgan fingerprint density at radius 3 is 2.06 bits per heavy atom. The molecular formula is C30H48ClN5. The molecule has 0 spiro atoms. The first-order chi connectivity index (χ1) is 17.5. The van der Waals surface area contributed by atoms with E-state index in [2.05, 4.69) is 28.8 Å². The Kier molecular flexibility index (Phi) is 8.88. The quantitative estimate of drug-likeness (QED) is 0.401. The van der Waals surface area contributed by atoms with E-state index in [0.717, 1.165) is 59.3 Å². The van der Waals surface area contributed by atoms with Gasteiger partial charge in [0.15, 0.2) is 0 Å². The number of likely N-dealkylation sites (tertiary alicyclic amines) is 1. The topological polar surface area (TPSA) is 46.3 Å². The SMILES string of the molecule is Cc1nc2nc(C)c(CC3CCN(C4CCCC(C5CCCC(CCl)CCC5)CCC4)C3)c(C)n2n1. The number of nitrogens with zero attached hydrogens (tertiary/aromatic N) is 5. The van der Waals surface area contributed by atoms with Crippen molar-refractivity contribution in [1.82, 2.24) is 24.5 Å². The second-order valence-electron chi connectivity index (χ2n) is 12.4. The van der Waals surface area contributed by atoms with Crippen LogP contribution in [0.1, 0.15) is 106 Å². The number of hydrogen-bond donors (Lipinski definition) is 0. The molecule has 6 heteroatoms. The van der Waals surface area contributed by atoms with Crippen LogP contribution < -0.4 is 0 Å². The molecule has 0 N–H and O–H groups in total. The lowest BCUT2D eigenvalue weighted by Gasteiger charge is -2.35. The monoisotopic (exact) mass is 513 g/mol. The number of aromatic nitrogens is 4. The van der Waals surface area contributed by atoms with Gasteiger partial charge in [-0.25, -0.2) is 9.50 Å². The Bertz CT molecular complexity index is 983. The zero-order valence-electron chi connectivity index (χ0n) is 23.0. The molecule has 5 nitrogen and oxygen atoms in total. The van der Waals surface area contributed by atoms with Gasteiger partial charge in [0.25, 0.3) is 5.78 Å². The fourth-order valence-electron chi connectivity index (χ4n) is 7.86. The highest BCUT2D eigenvalue weighted by atomic mass is 35.5. The highest BCUT2D eigenvalue weighted by molar-refractivity contribution is 6.18. The third-order valence-corrected chi connectivity index (χ3v) is 10.4. The van der Waals surface area contributed by atoms with Crippen LogP contribution in [0, 0.1) is 44.4 Å². The summed E-state index contributed by atoms with van der Waals surface area (Å²) >= 11 is 6.17. The maximum absolute atomic E-state index is 6.17. The van der Waals surface area contributed by atoms with Crippen LogP contribution in [0.4, 0.5) is 0 Å². The smallest absolute Gasteiger partial charge is 0.252 e. The first kappa shape index (κ1) is 26.4. The molecule has 200 valence electrons. The lowest BCUT2D eigenvalue weighted by Crippen LogP contribution is -2.35. The van der Waals surface area contributed by atoms with E-state index >= 15 is 0 Å². The third kappa shape index (κ3) is 6.09. The molecule has 0 bridgehead atoms. The van der Waals surface area contributed by atoms with Crippen molar-refractivity contribution >= 4 is 17.4 Å². The van der Waals surface area contributed by atoms with Gasteiger partial charge in [0.1, 0.15) is 5.82 Å². The van der Waals surface area contributed by atoms with Gasteiger partial charge in [-0.15, -0.1) is 11.6 Å². The number of rotatable bonds is 5. The Labute approximate surface area is 223 Å². The van der Waals surface area contributed by atoms with Gasteiger partial charge >= 0.3 is 0 Å². The Hall–Kier alpha value is -1.20. The normalized spacial score (nSPS) is 31.2. The summed E-state index contributed by atoms with van der Waals surface area (Å²) in [5.41, 5.74) is 3.74. The van der Waals surface area contributed by atoms with Crippen LogP contribution in [0.25, 0.3) is 5.78 Å². The lowest BCUT2D eigenvalue weighted by atomic mass is 9.74. The van der Waals surface area contributed by atoms with E-state index in [1.165, 1.54) is 108 Å². The zero-order valence-corrected chi connectivity index (χ0v) is 23.8. The molecule has 1 atom stereocenters. The summed E-state index contributed by atoms with van der Waals surface area (Å²) in [5, 5.41) is 4.58. The molecule has 1 saturated heterocycles. The second-order valence-corrected chi connectivity index (χ2v) is 12.7. The predicted molar refractivity (Wildman–Crippen MR) is 149 cm³/mol. The van der Waals surface area contributed by atoms with E-state index in [4.69, 9.17) is 16.6 Å². The van der Waals surface area contributed by atoms with Crippen LogP contribution in [0.3, 0.4) is 0 Å². The Morgan fingerprint density at radius 1 is 0.778 bits per heavy atom. The van der Waals surface area contributed by atoms with Crippen LogP contribution in [0.5, 0.6) is 0 Å².